The van der Waals surface area contributed by atoms with Crippen LogP contribution in [0.3, 0.4) is 0 Å². The van der Waals surface area contributed by atoms with Crippen LogP contribution in [0.4, 0.5) is 24.7 Å². The van der Waals surface area contributed by atoms with Crippen molar-refractivity contribution in [2.45, 2.75) is 25.6 Å². The van der Waals surface area contributed by atoms with Crippen molar-refractivity contribution in [1.29, 1.82) is 0 Å². The van der Waals surface area contributed by atoms with Gasteiger partial charge in [0.25, 0.3) is 0 Å². The molecule has 0 saturated carbocycles. The molecule has 1 heterocycles. The largest absolute Gasteiger partial charge is 0.391 e. The molecule has 0 spiro atoms. The molecule has 1 aromatic heterocycles. The molecule has 0 aliphatic carbocycles. The van der Waals surface area contributed by atoms with Crippen molar-refractivity contribution in [2.24, 2.45) is 0 Å². The predicted octanol–water partition coefficient (Wildman–Crippen LogP) is 2.42. The van der Waals surface area contributed by atoms with Crippen LogP contribution in [0.25, 0.3) is 0 Å². The number of nitrogen functional groups attached to an aromatic ring is 1. The van der Waals surface area contributed by atoms with E-state index < -0.39 is 18.6 Å². The molecule has 0 aliphatic heterocycles. The number of rotatable bonds is 3. The van der Waals surface area contributed by atoms with E-state index in [9.17, 15) is 13.2 Å². The summed E-state index contributed by atoms with van der Waals surface area (Å²) in [6, 6.07) is 2.48. The van der Waals surface area contributed by atoms with Gasteiger partial charge in [-0.15, -0.1) is 0 Å². The standard InChI is InChI=1S/C9H12F3N3/c1-6(5-9(10,11)12)15-7-3-2-4-14-8(7)13/h2-4,6,15H,5H2,1H3,(H2,13,14). The lowest BCUT2D eigenvalue weighted by Crippen LogP contribution is -2.24. The molecular weight excluding hydrogens is 207 g/mol. The Kier molecular flexibility index (Phi) is 3.39. The van der Waals surface area contributed by atoms with Crippen molar-refractivity contribution in [3.63, 3.8) is 0 Å². The number of nitrogens with two attached hydrogens (primary N) is 1. The molecule has 0 bridgehead atoms. The molecule has 0 aliphatic rings. The van der Waals surface area contributed by atoms with Crippen LogP contribution >= 0.6 is 0 Å². The lowest BCUT2D eigenvalue weighted by molar-refractivity contribution is -0.136. The van der Waals surface area contributed by atoms with E-state index >= 15 is 0 Å². The summed E-state index contributed by atoms with van der Waals surface area (Å²) in [4.78, 5) is 3.76. The van der Waals surface area contributed by atoms with Gasteiger partial charge in [0.15, 0.2) is 0 Å². The number of aromatic nitrogens is 1. The Morgan fingerprint density at radius 1 is 1.53 bits per heavy atom. The lowest BCUT2D eigenvalue weighted by atomic mass is 10.2. The van der Waals surface area contributed by atoms with Crippen LogP contribution in [0, 0.1) is 0 Å². The van der Waals surface area contributed by atoms with Gasteiger partial charge >= 0.3 is 6.18 Å². The Morgan fingerprint density at radius 2 is 2.20 bits per heavy atom. The number of alkyl halides is 3. The summed E-state index contributed by atoms with van der Waals surface area (Å²) < 4.78 is 36.1. The number of hydrogen-bond acceptors (Lipinski definition) is 3. The molecule has 1 unspecified atom stereocenters. The first kappa shape index (κ1) is 11.6. The van der Waals surface area contributed by atoms with Gasteiger partial charge in [-0.1, -0.05) is 0 Å². The highest BCUT2D eigenvalue weighted by Gasteiger charge is 2.30. The molecule has 0 amide bonds. The van der Waals surface area contributed by atoms with Crippen molar-refractivity contribution in [2.75, 3.05) is 11.1 Å². The maximum absolute atomic E-state index is 12.0. The van der Waals surface area contributed by atoms with Crippen molar-refractivity contribution < 1.29 is 13.2 Å². The van der Waals surface area contributed by atoms with E-state index in [0.717, 1.165) is 0 Å². The summed E-state index contributed by atoms with van der Waals surface area (Å²) in [7, 11) is 0. The number of nitrogens with zero attached hydrogens (tertiary/aromatic N) is 1. The summed E-state index contributed by atoms with van der Waals surface area (Å²) in [5, 5.41) is 2.66. The smallest absolute Gasteiger partial charge is 0.382 e. The van der Waals surface area contributed by atoms with Gasteiger partial charge in [0.05, 0.1) is 12.1 Å². The fourth-order valence-electron chi connectivity index (χ4n) is 1.20. The first-order chi connectivity index (χ1) is 6.88. The van der Waals surface area contributed by atoms with E-state index in [1.807, 2.05) is 0 Å². The minimum absolute atomic E-state index is 0.200. The van der Waals surface area contributed by atoms with E-state index in [0.29, 0.717) is 5.69 Å². The second-order valence-corrected chi connectivity index (χ2v) is 3.30. The van der Waals surface area contributed by atoms with Crippen molar-refractivity contribution in [1.82, 2.24) is 4.98 Å². The quantitative estimate of drug-likeness (QED) is 0.820. The van der Waals surface area contributed by atoms with Crippen LogP contribution in [-0.2, 0) is 0 Å². The highest BCUT2D eigenvalue weighted by atomic mass is 19.4. The second-order valence-electron chi connectivity index (χ2n) is 3.30. The van der Waals surface area contributed by atoms with Crippen LogP contribution in [0.5, 0.6) is 0 Å². The van der Waals surface area contributed by atoms with Crippen molar-refractivity contribution >= 4 is 11.5 Å². The van der Waals surface area contributed by atoms with Gasteiger partial charge in [-0.25, -0.2) is 4.98 Å². The van der Waals surface area contributed by atoms with Crippen LogP contribution in [0.15, 0.2) is 18.3 Å². The SMILES string of the molecule is CC(CC(F)(F)F)Nc1cccnc1N. The van der Waals surface area contributed by atoms with Crippen LogP contribution < -0.4 is 11.1 Å². The van der Waals surface area contributed by atoms with Gasteiger partial charge in [-0.2, -0.15) is 13.2 Å². The lowest BCUT2D eigenvalue weighted by Gasteiger charge is -2.17. The fraction of sp³-hybridized carbons (Fsp3) is 0.444. The zero-order valence-corrected chi connectivity index (χ0v) is 8.17. The molecule has 6 heteroatoms. The van der Waals surface area contributed by atoms with Gasteiger partial charge in [-0.3, -0.25) is 0 Å². The van der Waals surface area contributed by atoms with E-state index in [-0.39, 0.29) is 5.82 Å². The Labute approximate surface area is 85.5 Å². The third kappa shape index (κ3) is 4.05. The molecule has 1 rings (SSSR count). The van der Waals surface area contributed by atoms with Crippen molar-refractivity contribution in [3.8, 4) is 0 Å². The summed E-state index contributed by atoms with van der Waals surface area (Å²) in [5.41, 5.74) is 5.90. The molecule has 1 aromatic rings. The number of anilines is 2. The zero-order chi connectivity index (χ0) is 11.5. The number of nitrogens with one attached hydrogen (secondary N) is 1. The average molecular weight is 219 g/mol. The predicted molar refractivity (Wildman–Crippen MR) is 52.4 cm³/mol. The summed E-state index contributed by atoms with van der Waals surface area (Å²) in [6.45, 7) is 1.44. The van der Waals surface area contributed by atoms with Gasteiger partial charge in [-0.05, 0) is 19.1 Å². The van der Waals surface area contributed by atoms with Crippen LogP contribution in [-0.4, -0.2) is 17.2 Å². The molecular formula is C9H12F3N3. The van der Waals surface area contributed by atoms with Gasteiger partial charge < -0.3 is 11.1 Å². The highest BCUT2D eigenvalue weighted by Crippen LogP contribution is 2.24. The molecule has 0 aromatic carbocycles. The molecule has 3 nitrogen and oxygen atoms in total. The third-order valence-electron chi connectivity index (χ3n) is 1.78. The minimum Gasteiger partial charge on any atom is -0.382 e. The maximum Gasteiger partial charge on any atom is 0.391 e. The third-order valence-corrected chi connectivity index (χ3v) is 1.78. The van der Waals surface area contributed by atoms with E-state index in [2.05, 4.69) is 10.3 Å². The normalized spacial score (nSPS) is 13.6. The molecule has 84 valence electrons. The molecule has 0 radical (unpaired) electrons. The first-order valence-corrected chi connectivity index (χ1v) is 4.42. The van der Waals surface area contributed by atoms with E-state index in [4.69, 9.17) is 5.73 Å². The number of halogens is 3. The molecule has 15 heavy (non-hydrogen) atoms. The Bertz CT molecular complexity index is 325. The van der Waals surface area contributed by atoms with Crippen molar-refractivity contribution in [3.05, 3.63) is 18.3 Å². The van der Waals surface area contributed by atoms with Crippen LogP contribution in [0.2, 0.25) is 0 Å². The molecule has 0 saturated heterocycles. The monoisotopic (exact) mass is 219 g/mol. The van der Waals surface area contributed by atoms with E-state index in [1.54, 1.807) is 12.1 Å². The second kappa shape index (κ2) is 4.37. The molecule has 1 atom stereocenters. The maximum atomic E-state index is 12.0. The van der Waals surface area contributed by atoms with Gasteiger partial charge in [0.2, 0.25) is 0 Å². The summed E-state index contributed by atoms with van der Waals surface area (Å²) in [6.07, 6.45) is -3.60. The Hall–Kier alpha value is -1.46. The van der Waals surface area contributed by atoms with E-state index in [1.165, 1.54) is 13.1 Å². The highest BCUT2D eigenvalue weighted by molar-refractivity contribution is 5.61. The molecule has 3 N–H and O–H groups in total. The summed E-state index contributed by atoms with van der Waals surface area (Å²) >= 11 is 0. The first-order valence-electron chi connectivity index (χ1n) is 4.42. The van der Waals surface area contributed by atoms with Crippen LogP contribution in [0.1, 0.15) is 13.3 Å². The number of pyridine rings is 1. The van der Waals surface area contributed by atoms with Gasteiger partial charge in [0, 0.05) is 12.2 Å². The number of hydrogen-bond donors (Lipinski definition) is 2. The zero-order valence-electron chi connectivity index (χ0n) is 8.17. The minimum atomic E-state index is -4.18. The average Bonchev–Trinajstić information content (AvgIpc) is 2.05. The topological polar surface area (TPSA) is 50.9 Å². The van der Waals surface area contributed by atoms with Gasteiger partial charge in [0.1, 0.15) is 5.82 Å². The fourth-order valence-corrected chi connectivity index (χ4v) is 1.20. The molecule has 0 fully saturated rings. The summed E-state index contributed by atoms with van der Waals surface area (Å²) in [5.74, 6) is 0.200. The Morgan fingerprint density at radius 3 is 2.73 bits per heavy atom. The Balaban J connectivity index is 2.59.